The van der Waals surface area contributed by atoms with Crippen LogP contribution in [0.15, 0.2) is 65.6 Å². The second-order valence-electron chi connectivity index (χ2n) is 6.37. The van der Waals surface area contributed by atoms with Crippen LogP contribution in [0.3, 0.4) is 0 Å². The van der Waals surface area contributed by atoms with Gasteiger partial charge in [0.15, 0.2) is 0 Å². The first kappa shape index (κ1) is 19.2. The number of rotatable bonds is 4. The molecular weight excluding hydrogens is 412 g/mol. The molecule has 0 bridgehead atoms. The van der Waals surface area contributed by atoms with Crippen LogP contribution in [0.4, 0.5) is 10.5 Å². The van der Waals surface area contributed by atoms with Crippen molar-refractivity contribution in [2.75, 3.05) is 0 Å². The van der Waals surface area contributed by atoms with Crippen LogP contribution in [0.2, 0.25) is 5.02 Å². The van der Waals surface area contributed by atoms with E-state index >= 15 is 0 Å². The Labute approximate surface area is 174 Å². The number of non-ortho nitro benzene ring substituents is 1. The second kappa shape index (κ2) is 7.69. The standard InChI is InChI=1S/C21H13ClN2O4S/c22-18-9-8-16(24(27)28)10-15(18)11-19-20(25)23(21(26)29-19)12-14-6-3-5-13-4-1-2-7-17(13)14/h1-11H,12H2/b19-11+. The van der Waals surface area contributed by atoms with E-state index in [4.69, 9.17) is 11.6 Å². The lowest BCUT2D eigenvalue weighted by molar-refractivity contribution is -0.384. The largest absolute Gasteiger partial charge is 0.293 e. The van der Waals surface area contributed by atoms with Gasteiger partial charge in [0.2, 0.25) is 0 Å². The third-order valence-corrected chi connectivity index (χ3v) is 5.81. The summed E-state index contributed by atoms with van der Waals surface area (Å²) in [7, 11) is 0. The zero-order valence-electron chi connectivity index (χ0n) is 14.9. The van der Waals surface area contributed by atoms with Crippen molar-refractivity contribution in [3.63, 3.8) is 0 Å². The molecule has 0 saturated carbocycles. The summed E-state index contributed by atoms with van der Waals surface area (Å²) >= 11 is 6.90. The number of fused-ring (bicyclic) bond motifs is 1. The molecule has 8 heteroatoms. The van der Waals surface area contributed by atoms with Crippen LogP contribution in [0.25, 0.3) is 16.8 Å². The van der Waals surface area contributed by atoms with E-state index < -0.39 is 16.1 Å². The zero-order valence-corrected chi connectivity index (χ0v) is 16.4. The molecule has 1 aliphatic heterocycles. The summed E-state index contributed by atoms with van der Waals surface area (Å²) in [6, 6.07) is 17.4. The number of amides is 2. The highest BCUT2D eigenvalue weighted by Crippen LogP contribution is 2.35. The summed E-state index contributed by atoms with van der Waals surface area (Å²) in [5.74, 6) is -0.449. The van der Waals surface area contributed by atoms with E-state index in [2.05, 4.69) is 0 Å². The van der Waals surface area contributed by atoms with Gasteiger partial charge in [-0.15, -0.1) is 0 Å². The van der Waals surface area contributed by atoms with Crippen molar-refractivity contribution in [1.29, 1.82) is 0 Å². The summed E-state index contributed by atoms with van der Waals surface area (Å²) in [6.07, 6.45) is 1.42. The molecule has 2 amide bonds. The second-order valence-corrected chi connectivity index (χ2v) is 7.77. The normalized spacial score (nSPS) is 15.5. The van der Waals surface area contributed by atoms with Crippen molar-refractivity contribution < 1.29 is 14.5 Å². The van der Waals surface area contributed by atoms with Crippen molar-refractivity contribution in [2.24, 2.45) is 0 Å². The van der Waals surface area contributed by atoms with Gasteiger partial charge in [-0.1, -0.05) is 54.1 Å². The molecule has 6 nitrogen and oxygen atoms in total. The molecule has 3 aromatic carbocycles. The monoisotopic (exact) mass is 424 g/mol. The molecule has 0 radical (unpaired) electrons. The molecule has 3 aromatic rings. The maximum Gasteiger partial charge on any atom is 0.293 e. The fourth-order valence-corrected chi connectivity index (χ4v) is 4.13. The first-order valence-corrected chi connectivity index (χ1v) is 9.79. The maximum atomic E-state index is 12.8. The highest BCUT2D eigenvalue weighted by molar-refractivity contribution is 8.18. The number of hydrogen-bond donors (Lipinski definition) is 0. The number of nitro benzene ring substituents is 1. The number of benzene rings is 3. The minimum Gasteiger partial charge on any atom is -0.268 e. The van der Waals surface area contributed by atoms with Crippen LogP contribution in [0, 0.1) is 10.1 Å². The van der Waals surface area contributed by atoms with Crippen molar-refractivity contribution in [3.05, 3.63) is 91.8 Å². The van der Waals surface area contributed by atoms with Gasteiger partial charge in [0.1, 0.15) is 0 Å². The topological polar surface area (TPSA) is 80.5 Å². The number of nitro groups is 1. The van der Waals surface area contributed by atoms with Gasteiger partial charge in [0, 0.05) is 22.7 Å². The SMILES string of the molecule is O=C1S/C(=C/c2cc([N+](=O)[O-])ccc2Cl)C(=O)N1Cc1cccc2ccccc12. The van der Waals surface area contributed by atoms with Crippen LogP contribution < -0.4 is 0 Å². The summed E-state index contributed by atoms with van der Waals surface area (Å²) in [5.41, 5.74) is 1.03. The summed E-state index contributed by atoms with van der Waals surface area (Å²) < 4.78 is 0. The lowest BCUT2D eigenvalue weighted by Gasteiger charge is -2.14. The van der Waals surface area contributed by atoms with Gasteiger partial charge in [-0.3, -0.25) is 24.6 Å². The predicted octanol–water partition coefficient (Wildman–Crippen LogP) is 5.64. The van der Waals surface area contributed by atoms with Crippen molar-refractivity contribution in [3.8, 4) is 0 Å². The molecule has 0 N–H and O–H groups in total. The maximum absolute atomic E-state index is 12.8. The summed E-state index contributed by atoms with van der Waals surface area (Å²) in [4.78, 5) is 37.1. The lowest BCUT2D eigenvalue weighted by atomic mass is 10.0. The highest BCUT2D eigenvalue weighted by Gasteiger charge is 2.35. The molecule has 1 heterocycles. The Bertz CT molecular complexity index is 1200. The van der Waals surface area contributed by atoms with E-state index in [1.54, 1.807) is 0 Å². The van der Waals surface area contributed by atoms with Gasteiger partial charge >= 0.3 is 0 Å². The number of halogens is 1. The van der Waals surface area contributed by atoms with E-state index in [1.165, 1.54) is 29.2 Å². The third kappa shape index (κ3) is 3.74. The molecule has 1 fully saturated rings. The number of carbonyl (C=O) groups excluding carboxylic acids is 2. The Hall–Kier alpha value is -3.16. The van der Waals surface area contributed by atoms with E-state index in [0.717, 1.165) is 28.1 Å². The van der Waals surface area contributed by atoms with Crippen molar-refractivity contribution in [2.45, 2.75) is 6.54 Å². The zero-order chi connectivity index (χ0) is 20.5. The molecular formula is C21H13ClN2O4S. The van der Waals surface area contributed by atoms with E-state index in [-0.39, 0.29) is 22.2 Å². The quantitative estimate of drug-likeness (QED) is 0.307. The number of thioether (sulfide) groups is 1. The van der Waals surface area contributed by atoms with Crippen LogP contribution in [0.5, 0.6) is 0 Å². The van der Waals surface area contributed by atoms with Crippen molar-refractivity contribution in [1.82, 2.24) is 4.90 Å². The molecule has 0 aliphatic carbocycles. The molecule has 0 aromatic heterocycles. The van der Waals surface area contributed by atoms with Gasteiger partial charge in [0.25, 0.3) is 16.8 Å². The van der Waals surface area contributed by atoms with Crippen LogP contribution in [0.1, 0.15) is 11.1 Å². The van der Waals surface area contributed by atoms with Crippen LogP contribution in [-0.4, -0.2) is 21.0 Å². The Morgan fingerprint density at radius 2 is 1.83 bits per heavy atom. The number of hydrogen-bond acceptors (Lipinski definition) is 5. The minimum absolute atomic E-state index is 0.143. The Morgan fingerprint density at radius 3 is 2.62 bits per heavy atom. The third-order valence-electron chi connectivity index (χ3n) is 4.56. The molecule has 0 unspecified atom stereocenters. The smallest absolute Gasteiger partial charge is 0.268 e. The predicted molar refractivity (Wildman–Crippen MR) is 114 cm³/mol. The van der Waals surface area contributed by atoms with E-state index in [0.29, 0.717) is 5.56 Å². The van der Waals surface area contributed by atoms with Gasteiger partial charge in [0.05, 0.1) is 16.4 Å². The molecule has 4 rings (SSSR count). The van der Waals surface area contributed by atoms with Gasteiger partial charge in [-0.2, -0.15) is 0 Å². The molecule has 0 atom stereocenters. The molecule has 1 aliphatic rings. The average molecular weight is 425 g/mol. The Balaban J connectivity index is 1.65. The van der Waals surface area contributed by atoms with E-state index in [9.17, 15) is 19.7 Å². The first-order chi connectivity index (χ1) is 13.9. The first-order valence-electron chi connectivity index (χ1n) is 8.60. The lowest BCUT2D eigenvalue weighted by Crippen LogP contribution is -2.27. The Morgan fingerprint density at radius 1 is 1.07 bits per heavy atom. The van der Waals surface area contributed by atoms with Crippen LogP contribution in [-0.2, 0) is 11.3 Å². The number of imide groups is 1. The fraction of sp³-hybridized carbons (Fsp3) is 0.0476. The molecule has 144 valence electrons. The summed E-state index contributed by atoms with van der Waals surface area (Å²) in [5, 5.41) is 12.9. The van der Waals surface area contributed by atoms with Gasteiger partial charge in [-0.05, 0) is 40.2 Å². The highest BCUT2D eigenvalue weighted by atomic mass is 35.5. The molecule has 1 saturated heterocycles. The number of nitrogens with zero attached hydrogens (tertiary/aromatic N) is 2. The average Bonchev–Trinajstić information content (AvgIpc) is 2.97. The van der Waals surface area contributed by atoms with Gasteiger partial charge in [-0.25, -0.2) is 0 Å². The van der Waals surface area contributed by atoms with Crippen molar-refractivity contribution >= 4 is 57.0 Å². The van der Waals surface area contributed by atoms with Gasteiger partial charge < -0.3 is 0 Å². The summed E-state index contributed by atoms with van der Waals surface area (Å²) in [6.45, 7) is 0.145. The fourth-order valence-electron chi connectivity index (χ4n) is 3.13. The Kier molecular flexibility index (Phi) is 5.08. The molecule has 29 heavy (non-hydrogen) atoms. The van der Waals surface area contributed by atoms with E-state index in [1.807, 2.05) is 42.5 Å². The molecule has 0 spiro atoms. The minimum atomic E-state index is -0.542. The number of carbonyl (C=O) groups is 2. The van der Waals surface area contributed by atoms with Crippen LogP contribution >= 0.6 is 23.4 Å².